The molecular weight excluding hydrogens is 204 g/mol. The third-order valence-corrected chi connectivity index (χ3v) is 2.46. The van der Waals surface area contributed by atoms with Crippen LogP contribution in [-0.4, -0.2) is 24.4 Å². The molecule has 0 spiro atoms. The number of nitrogens with zero attached hydrogens (tertiary/aromatic N) is 1. The van der Waals surface area contributed by atoms with Crippen molar-refractivity contribution in [3.63, 3.8) is 0 Å². The predicted molar refractivity (Wildman–Crippen MR) is 60.7 cm³/mol. The molecule has 0 unspecified atom stereocenters. The second-order valence-electron chi connectivity index (χ2n) is 3.35. The Morgan fingerprint density at radius 3 is 2.25 bits per heavy atom. The number of benzene rings is 1. The molecule has 2 aromatic rings. The van der Waals surface area contributed by atoms with Crippen LogP contribution in [-0.2, 0) is 0 Å². The Labute approximate surface area is 94.2 Å². The predicted octanol–water partition coefficient (Wildman–Crippen LogP) is 2.20. The average molecular weight is 217 g/mol. The number of hydrogen-bond acceptors (Lipinski definition) is 3. The number of hydrogen-bond donors (Lipinski definition) is 1. The number of rotatable bonds is 3. The van der Waals surface area contributed by atoms with Crippen LogP contribution in [0.3, 0.4) is 0 Å². The van der Waals surface area contributed by atoms with Crippen molar-refractivity contribution in [1.29, 1.82) is 0 Å². The first kappa shape index (κ1) is 10.5. The van der Waals surface area contributed by atoms with E-state index in [1.807, 2.05) is 13.1 Å². The number of methoxy groups -OCH3 is 2. The van der Waals surface area contributed by atoms with E-state index in [4.69, 9.17) is 9.47 Å². The summed E-state index contributed by atoms with van der Waals surface area (Å²) in [6.45, 7) is 1.93. The maximum Gasteiger partial charge on any atom is 0.131 e. The summed E-state index contributed by atoms with van der Waals surface area (Å²) in [7, 11) is 3.25. The topological polar surface area (TPSA) is 47.1 Å². The fraction of sp³-hybridized carbons (Fsp3) is 0.250. The van der Waals surface area contributed by atoms with E-state index in [1.165, 1.54) is 0 Å². The Morgan fingerprint density at radius 2 is 1.81 bits per heavy atom. The van der Waals surface area contributed by atoms with E-state index in [-0.39, 0.29) is 0 Å². The van der Waals surface area contributed by atoms with Gasteiger partial charge in [0.15, 0.2) is 0 Å². The molecule has 0 aliphatic carbocycles. The van der Waals surface area contributed by atoms with Gasteiger partial charge >= 0.3 is 0 Å². The molecular formula is C12H13N2O2. The summed E-state index contributed by atoms with van der Waals surface area (Å²) < 4.78 is 10.6. The Hall–Kier alpha value is -1.97. The molecule has 1 radical (unpaired) electrons. The van der Waals surface area contributed by atoms with Gasteiger partial charge in [-0.1, -0.05) is 0 Å². The van der Waals surface area contributed by atoms with Gasteiger partial charge in [0.25, 0.3) is 0 Å². The minimum absolute atomic E-state index is 0.726. The van der Waals surface area contributed by atoms with Gasteiger partial charge in [0.1, 0.15) is 11.5 Å². The molecule has 0 amide bonds. The molecule has 0 saturated carbocycles. The lowest BCUT2D eigenvalue weighted by Gasteiger charge is -2.11. The average Bonchev–Trinajstić information content (AvgIpc) is 2.74. The van der Waals surface area contributed by atoms with Crippen LogP contribution in [0.4, 0.5) is 0 Å². The molecule has 0 aliphatic rings. The van der Waals surface area contributed by atoms with Crippen molar-refractivity contribution < 1.29 is 9.47 Å². The van der Waals surface area contributed by atoms with Gasteiger partial charge in [-0.3, -0.25) is 5.10 Å². The molecule has 1 aromatic heterocycles. The second kappa shape index (κ2) is 4.26. The van der Waals surface area contributed by atoms with Crippen molar-refractivity contribution in [2.75, 3.05) is 14.2 Å². The second-order valence-corrected chi connectivity index (χ2v) is 3.35. The molecule has 1 heterocycles. The monoisotopic (exact) mass is 217 g/mol. The van der Waals surface area contributed by atoms with E-state index in [1.54, 1.807) is 26.4 Å². The highest BCUT2D eigenvalue weighted by atomic mass is 16.5. The largest absolute Gasteiger partial charge is 0.496 e. The Morgan fingerprint density at radius 1 is 1.19 bits per heavy atom. The van der Waals surface area contributed by atoms with Crippen LogP contribution < -0.4 is 9.47 Å². The molecule has 83 valence electrons. The van der Waals surface area contributed by atoms with Crippen molar-refractivity contribution >= 4 is 0 Å². The standard InChI is InChI=1S/C12H13N2O2/c1-8-9(7-13-14-8)12-10(15-2)5-4-6-11(12)16-3/h5-7H,1-3H3,(H,13,14). The van der Waals surface area contributed by atoms with Gasteiger partial charge in [-0.25, -0.2) is 0 Å². The van der Waals surface area contributed by atoms with Gasteiger partial charge in [0.05, 0.1) is 25.5 Å². The molecule has 4 heteroatoms. The van der Waals surface area contributed by atoms with Gasteiger partial charge < -0.3 is 9.47 Å². The van der Waals surface area contributed by atoms with Crippen molar-refractivity contribution in [3.05, 3.63) is 30.1 Å². The number of aromatic nitrogens is 2. The van der Waals surface area contributed by atoms with E-state index in [0.29, 0.717) is 0 Å². The fourth-order valence-electron chi connectivity index (χ4n) is 1.66. The summed E-state index contributed by atoms with van der Waals surface area (Å²) >= 11 is 0. The number of nitrogens with one attached hydrogen (secondary N) is 1. The molecule has 0 saturated heterocycles. The highest BCUT2D eigenvalue weighted by Gasteiger charge is 2.15. The molecule has 4 nitrogen and oxygen atoms in total. The summed E-state index contributed by atoms with van der Waals surface area (Å²) in [4.78, 5) is 0. The molecule has 0 atom stereocenters. The van der Waals surface area contributed by atoms with Crippen molar-refractivity contribution in [2.45, 2.75) is 6.92 Å². The third kappa shape index (κ3) is 1.62. The Bertz CT molecular complexity index is 469. The van der Waals surface area contributed by atoms with Gasteiger partial charge in [-0.05, 0) is 25.1 Å². The number of H-pyrrole nitrogens is 1. The zero-order chi connectivity index (χ0) is 11.5. The van der Waals surface area contributed by atoms with Gasteiger partial charge in [0, 0.05) is 11.8 Å². The summed E-state index contributed by atoms with van der Waals surface area (Å²) in [6, 6.07) is 6.54. The molecule has 2 rings (SSSR count). The van der Waals surface area contributed by atoms with E-state index in [0.717, 1.165) is 28.3 Å². The maximum absolute atomic E-state index is 5.31. The van der Waals surface area contributed by atoms with Crippen LogP contribution in [0.1, 0.15) is 5.69 Å². The van der Waals surface area contributed by atoms with Gasteiger partial charge in [-0.2, -0.15) is 5.10 Å². The van der Waals surface area contributed by atoms with Crippen LogP contribution in [0.15, 0.2) is 18.3 Å². The lowest BCUT2D eigenvalue weighted by atomic mass is 10.0. The van der Waals surface area contributed by atoms with E-state index in [9.17, 15) is 0 Å². The molecule has 0 aliphatic heterocycles. The van der Waals surface area contributed by atoms with Crippen LogP contribution in [0.5, 0.6) is 11.5 Å². The SMILES string of the molecule is COc1c[c]cc(OC)c1-c1c[nH]nc1C. The minimum atomic E-state index is 0.726. The Balaban J connectivity index is 2.66. The first-order chi connectivity index (χ1) is 7.77. The molecule has 0 fully saturated rings. The first-order valence-electron chi connectivity index (χ1n) is 4.90. The van der Waals surface area contributed by atoms with E-state index < -0.39 is 0 Å². The zero-order valence-corrected chi connectivity index (χ0v) is 9.50. The van der Waals surface area contributed by atoms with Crippen LogP contribution in [0.25, 0.3) is 11.1 Å². The van der Waals surface area contributed by atoms with Crippen LogP contribution >= 0.6 is 0 Å². The molecule has 1 N–H and O–H groups in total. The normalized spacial score (nSPS) is 10.2. The van der Waals surface area contributed by atoms with E-state index in [2.05, 4.69) is 16.3 Å². The number of ether oxygens (including phenoxy) is 2. The number of aromatic amines is 1. The maximum atomic E-state index is 5.31. The summed E-state index contributed by atoms with van der Waals surface area (Å²) in [5.41, 5.74) is 2.78. The van der Waals surface area contributed by atoms with Crippen molar-refractivity contribution in [2.24, 2.45) is 0 Å². The Kier molecular flexibility index (Phi) is 2.81. The van der Waals surface area contributed by atoms with Crippen LogP contribution in [0.2, 0.25) is 0 Å². The van der Waals surface area contributed by atoms with Gasteiger partial charge in [-0.15, -0.1) is 0 Å². The summed E-state index contributed by atoms with van der Waals surface area (Å²) in [5.74, 6) is 1.45. The van der Waals surface area contributed by atoms with Crippen LogP contribution in [0, 0.1) is 13.0 Å². The smallest absolute Gasteiger partial charge is 0.131 e. The van der Waals surface area contributed by atoms with Crippen molar-refractivity contribution in [1.82, 2.24) is 10.2 Å². The summed E-state index contributed by atoms with van der Waals surface area (Å²) in [5, 5.41) is 6.93. The lowest BCUT2D eigenvalue weighted by molar-refractivity contribution is 0.397. The highest BCUT2D eigenvalue weighted by Crippen LogP contribution is 2.38. The number of aryl methyl sites for hydroxylation is 1. The minimum Gasteiger partial charge on any atom is -0.496 e. The van der Waals surface area contributed by atoms with Gasteiger partial charge in [0.2, 0.25) is 0 Å². The van der Waals surface area contributed by atoms with Crippen molar-refractivity contribution in [3.8, 4) is 22.6 Å². The molecule has 16 heavy (non-hydrogen) atoms. The zero-order valence-electron chi connectivity index (χ0n) is 9.50. The highest BCUT2D eigenvalue weighted by molar-refractivity contribution is 5.77. The summed E-state index contributed by atoms with van der Waals surface area (Å²) in [6.07, 6.45) is 1.83. The third-order valence-electron chi connectivity index (χ3n) is 2.46. The fourth-order valence-corrected chi connectivity index (χ4v) is 1.66. The first-order valence-corrected chi connectivity index (χ1v) is 4.90. The lowest BCUT2D eigenvalue weighted by Crippen LogP contribution is -1.93. The van der Waals surface area contributed by atoms with E-state index >= 15 is 0 Å². The molecule has 0 bridgehead atoms. The quantitative estimate of drug-likeness (QED) is 0.857. The molecule has 1 aromatic carbocycles.